The Morgan fingerprint density at radius 3 is 2.13 bits per heavy atom. The van der Waals surface area contributed by atoms with Crippen molar-refractivity contribution in [1.82, 2.24) is 0 Å². The first-order valence-electron chi connectivity index (χ1n) is 5.98. The molecule has 0 fully saturated rings. The number of carbonyl (C=O) groups excluding carboxylic acids is 2. The minimum atomic E-state index is 0.245. The number of hydrogen-bond donors (Lipinski definition) is 0. The van der Waals surface area contributed by atoms with E-state index in [1.165, 1.54) is 0 Å². The second-order valence-electron chi connectivity index (χ2n) is 4.69. The Hall–Kier alpha value is -0.660. The smallest absolute Gasteiger partial charge is 0.132 e. The van der Waals surface area contributed by atoms with E-state index >= 15 is 0 Å². The van der Waals surface area contributed by atoms with Crippen molar-refractivity contribution in [1.29, 1.82) is 0 Å². The van der Waals surface area contributed by atoms with Crippen LogP contribution in [0.15, 0.2) is 0 Å². The molecule has 88 valence electrons. The molecule has 0 N–H and O–H groups in total. The molecule has 15 heavy (non-hydrogen) atoms. The molecular weight excluding hydrogens is 188 g/mol. The van der Waals surface area contributed by atoms with Gasteiger partial charge >= 0.3 is 0 Å². The van der Waals surface area contributed by atoms with Gasteiger partial charge in [0.25, 0.3) is 0 Å². The van der Waals surface area contributed by atoms with Crippen molar-refractivity contribution in [2.75, 3.05) is 0 Å². The number of ketones is 2. The first-order valence-corrected chi connectivity index (χ1v) is 5.98. The van der Waals surface area contributed by atoms with Gasteiger partial charge in [0.15, 0.2) is 0 Å². The van der Waals surface area contributed by atoms with Crippen LogP contribution in [0.4, 0.5) is 0 Å². The number of hydrogen-bond acceptors (Lipinski definition) is 2. The van der Waals surface area contributed by atoms with Crippen molar-refractivity contribution >= 4 is 11.6 Å². The van der Waals surface area contributed by atoms with Crippen molar-refractivity contribution in [3.8, 4) is 0 Å². The highest BCUT2D eigenvalue weighted by molar-refractivity contribution is 5.78. The fourth-order valence-electron chi connectivity index (χ4n) is 1.73. The van der Waals surface area contributed by atoms with Crippen molar-refractivity contribution in [3.05, 3.63) is 0 Å². The van der Waals surface area contributed by atoms with Gasteiger partial charge in [-0.2, -0.15) is 0 Å². The van der Waals surface area contributed by atoms with Gasteiger partial charge in [0.05, 0.1) is 0 Å². The first-order chi connectivity index (χ1) is 6.97. The lowest BCUT2D eigenvalue weighted by Crippen LogP contribution is -2.13. The predicted molar refractivity (Wildman–Crippen MR) is 62.8 cm³/mol. The first kappa shape index (κ1) is 14.3. The average molecular weight is 212 g/mol. The summed E-state index contributed by atoms with van der Waals surface area (Å²) in [6.45, 7) is 7.88. The maximum absolute atomic E-state index is 11.3. The van der Waals surface area contributed by atoms with Crippen LogP contribution in [0.2, 0.25) is 0 Å². The Morgan fingerprint density at radius 2 is 1.67 bits per heavy atom. The lowest BCUT2D eigenvalue weighted by molar-refractivity contribution is -0.119. The maximum Gasteiger partial charge on any atom is 0.132 e. The average Bonchev–Trinajstić information content (AvgIpc) is 2.13. The van der Waals surface area contributed by atoms with E-state index in [0.29, 0.717) is 36.9 Å². The molecule has 0 aliphatic rings. The minimum Gasteiger partial charge on any atom is -0.300 e. The molecule has 2 heteroatoms. The van der Waals surface area contributed by atoms with Crippen LogP contribution in [0.5, 0.6) is 0 Å². The summed E-state index contributed by atoms with van der Waals surface area (Å²) in [5.41, 5.74) is 0. The van der Waals surface area contributed by atoms with Crippen LogP contribution < -0.4 is 0 Å². The zero-order valence-corrected chi connectivity index (χ0v) is 10.5. The monoisotopic (exact) mass is 212 g/mol. The number of Topliss-reactive ketones (excluding diaryl/α,β-unsaturated/α-hetero) is 2. The minimum absolute atomic E-state index is 0.245. The molecule has 0 aliphatic heterocycles. The maximum atomic E-state index is 11.3. The van der Waals surface area contributed by atoms with Crippen molar-refractivity contribution in [2.24, 2.45) is 11.8 Å². The van der Waals surface area contributed by atoms with Crippen LogP contribution in [0, 0.1) is 11.8 Å². The molecular formula is C13H24O2. The van der Waals surface area contributed by atoms with E-state index in [4.69, 9.17) is 0 Å². The van der Waals surface area contributed by atoms with Gasteiger partial charge in [0.1, 0.15) is 11.6 Å². The van der Waals surface area contributed by atoms with Gasteiger partial charge in [0.2, 0.25) is 0 Å². The number of rotatable bonds is 8. The highest BCUT2D eigenvalue weighted by Gasteiger charge is 2.15. The summed E-state index contributed by atoms with van der Waals surface area (Å²) in [6.07, 6.45) is 3.89. The molecule has 0 aromatic heterocycles. The molecule has 2 atom stereocenters. The highest BCUT2D eigenvalue weighted by Crippen LogP contribution is 2.20. The Bertz CT molecular complexity index is 209. The summed E-state index contributed by atoms with van der Waals surface area (Å²) in [6, 6.07) is 0. The van der Waals surface area contributed by atoms with Crippen molar-refractivity contribution in [3.63, 3.8) is 0 Å². The molecule has 0 spiro atoms. The molecule has 0 aromatic rings. The normalized spacial score (nSPS) is 14.7. The van der Waals surface area contributed by atoms with E-state index in [0.717, 1.165) is 12.8 Å². The third-order valence-corrected chi connectivity index (χ3v) is 2.99. The van der Waals surface area contributed by atoms with Crippen LogP contribution >= 0.6 is 0 Å². The molecule has 0 saturated carbocycles. The largest absolute Gasteiger partial charge is 0.300 e. The molecule has 0 amide bonds. The van der Waals surface area contributed by atoms with E-state index < -0.39 is 0 Å². The zero-order valence-electron chi connectivity index (χ0n) is 10.5. The zero-order chi connectivity index (χ0) is 11.8. The van der Waals surface area contributed by atoms with Gasteiger partial charge in [0, 0.05) is 19.3 Å². The summed E-state index contributed by atoms with van der Waals surface area (Å²) < 4.78 is 0. The summed E-state index contributed by atoms with van der Waals surface area (Å²) in [5, 5.41) is 0. The summed E-state index contributed by atoms with van der Waals surface area (Å²) in [5.74, 6) is 1.47. The molecule has 2 unspecified atom stereocenters. The quantitative estimate of drug-likeness (QED) is 0.618. The molecule has 0 aromatic carbocycles. The lowest BCUT2D eigenvalue weighted by atomic mass is 9.87. The fraction of sp³-hybridized carbons (Fsp3) is 0.846. The van der Waals surface area contributed by atoms with Gasteiger partial charge < -0.3 is 4.79 Å². The summed E-state index contributed by atoms with van der Waals surface area (Å²) >= 11 is 0. The topological polar surface area (TPSA) is 34.1 Å². The third kappa shape index (κ3) is 7.29. The highest BCUT2D eigenvalue weighted by atomic mass is 16.1. The third-order valence-electron chi connectivity index (χ3n) is 2.99. The van der Waals surface area contributed by atoms with E-state index in [1.807, 2.05) is 6.92 Å². The van der Waals surface area contributed by atoms with Gasteiger partial charge in [-0.25, -0.2) is 0 Å². The lowest BCUT2D eigenvalue weighted by Gasteiger charge is -2.18. The Balaban J connectivity index is 3.77. The SMILES string of the molecule is CCCC(=O)CCC(C)C(C)CC(C)=O. The molecule has 0 rings (SSSR count). The van der Waals surface area contributed by atoms with Crippen LogP contribution in [-0.2, 0) is 9.59 Å². The molecule has 0 heterocycles. The predicted octanol–water partition coefficient (Wildman–Crippen LogP) is 3.39. The Morgan fingerprint density at radius 1 is 1.07 bits per heavy atom. The standard InChI is InChI=1S/C13H24O2/c1-5-6-13(15)8-7-10(2)11(3)9-12(4)14/h10-11H,5-9H2,1-4H3. The van der Waals surface area contributed by atoms with Crippen molar-refractivity contribution < 1.29 is 9.59 Å². The van der Waals surface area contributed by atoms with E-state index in [9.17, 15) is 9.59 Å². The summed E-state index contributed by atoms with van der Waals surface area (Å²) in [7, 11) is 0. The summed E-state index contributed by atoms with van der Waals surface area (Å²) in [4.78, 5) is 22.3. The Kier molecular flexibility index (Phi) is 7.27. The van der Waals surface area contributed by atoms with Crippen molar-refractivity contribution in [2.45, 2.75) is 59.8 Å². The Labute approximate surface area is 93.4 Å². The van der Waals surface area contributed by atoms with Crippen LogP contribution in [0.1, 0.15) is 59.8 Å². The van der Waals surface area contributed by atoms with Gasteiger partial charge in [-0.3, -0.25) is 4.79 Å². The number of carbonyl (C=O) groups is 2. The van der Waals surface area contributed by atoms with Gasteiger partial charge in [-0.05, 0) is 31.6 Å². The van der Waals surface area contributed by atoms with Crippen LogP contribution in [0.3, 0.4) is 0 Å². The van der Waals surface area contributed by atoms with E-state index in [2.05, 4.69) is 13.8 Å². The molecule has 0 saturated heterocycles. The second kappa shape index (κ2) is 7.61. The van der Waals surface area contributed by atoms with E-state index in [1.54, 1.807) is 6.92 Å². The van der Waals surface area contributed by atoms with Crippen LogP contribution in [0.25, 0.3) is 0 Å². The molecule has 0 bridgehead atoms. The van der Waals surface area contributed by atoms with Crippen LogP contribution in [-0.4, -0.2) is 11.6 Å². The van der Waals surface area contributed by atoms with Gasteiger partial charge in [-0.15, -0.1) is 0 Å². The second-order valence-corrected chi connectivity index (χ2v) is 4.69. The van der Waals surface area contributed by atoms with Gasteiger partial charge in [-0.1, -0.05) is 20.8 Å². The fourth-order valence-corrected chi connectivity index (χ4v) is 1.73. The molecule has 2 nitrogen and oxygen atoms in total. The molecule has 0 aliphatic carbocycles. The van der Waals surface area contributed by atoms with E-state index in [-0.39, 0.29) is 5.78 Å². The molecule has 0 radical (unpaired) electrons.